The van der Waals surface area contributed by atoms with Gasteiger partial charge in [0.05, 0.1) is 23.9 Å². The lowest BCUT2D eigenvalue weighted by atomic mass is 10.0. The molecule has 1 heterocycles. The van der Waals surface area contributed by atoms with Gasteiger partial charge in [-0.25, -0.2) is 9.97 Å². The van der Waals surface area contributed by atoms with Crippen LogP contribution >= 0.6 is 0 Å². The number of amides is 1. The van der Waals surface area contributed by atoms with E-state index in [2.05, 4.69) is 27.2 Å². The Labute approximate surface area is 217 Å². The van der Waals surface area contributed by atoms with Crippen molar-refractivity contribution >= 4 is 23.3 Å². The van der Waals surface area contributed by atoms with Gasteiger partial charge in [-0.15, -0.1) is 6.58 Å². The Morgan fingerprint density at radius 3 is 2.49 bits per heavy atom. The molecule has 2 fully saturated rings. The average molecular weight is 499 g/mol. The third kappa shape index (κ3) is 6.14. The lowest BCUT2D eigenvalue weighted by Gasteiger charge is -2.19. The van der Waals surface area contributed by atoms with Crippen LogP contribution in [0.5, 0.6) is 5.75 Å². The number of nitrogen functional groups attached to an aromatic ring is 1. The predicted octanol–water partition coefficient (Wildman–Crippen LogP) is 4.82. The smallest absolute Gasteiger partial charge is 0.255 e. The summed E-state index contributed by atoms with van der Waals surface area (Å²) in [6.07, 6.45) is 6.84. The Bertz CT molecular complexity index is 1260. The van der Waals surface area contributed by atoms with Crippen molar-refractivity contribution in [1.29, 1.82) is 5.41 Å². The first-order valence-electron chi connectivity index (χ1n) is 12.5. The largest absolute Gasteiger partial charge is 0.496 e. The van der Waals surface area contributed by atoms with Gasteiger partial charge in [0.1, 0.15) is 23.7 Å². The number of ether oxygens (including phenoxy) is 1. The summed E-state index contributed by atoms with van der Waals surface area (Å²) in [5.41, 5.74) is 9.08. The van der Waals surface area contributed by atoms with Gasteiger partial charge in [-0.1, -0.05) is 42.5 Å². The highest BCUT2D eigenvalue weighted by Crippen LogP contribution is 2.52. The van der Waals surface area contributed by atoms with E-state index in [1.807, 2.05) is 37.3 Å². The van der Waals surface area contributed by atoms with Crippen molar-refractivity contribution in [2.75, 3.05) is 18.2 Å². The van der Waals surface area contributed by atoms with Crippen LogP contribution in [0.4, 0.5) is 11.6 Å². The molecular weight excluding hydrogens is 464 g/mol. The van der Waals surface area contributed by atoms with Gasteiger partial charge in [0.15, 0.2) is 0 Å². The Kier molecular flexibility index (Phi) is 8.18. The number of carbonyl (C=O) groups excluding carboxylic acids is 1. The molecule has 1 amide bonds. The molecule has 0 saturated heterocycles. The van der Waals surface area contributed by atoms with Crippen molar-refractivity contribution in [3.05, 3.63) is 89.8 Å². The zero-order valence-electron chi connectivity index (χ0n) is 21.3. The van der Waals surface area contributed by atoms with Crippen LogP contribution < -0.4 is 21.1 Å². The number of allylic oxidation sites excluding steroid dienone is 1. The summed E-state index contributed by atoms with van der Waals surface area (Å²) < 4.78 is 5.26. The minimum atomic E-state index is -0.205. The maximum absolute atomic E-state index is 12.5. The summed E-state index contributed by atoms with van der Waals surface area (Å²) in [7, 11) is 1.54. The molecule has 2 aliphatic carbocycles. The highest BCUT2D eigenvalue weighted by molar-refractivity contribution is 6.16. The third-order valence-electron chi connectivity index (χ3n) is 6.76. The number of methoxy groups -OCH3 is 1. The third-order valence-corrected chi connectivity index (χ3v) is 6.76. The Balaban J connectivity index is 0.00000102. The molecule has 0 bridgehead atoms. The van der Waals surface area contributed by atoms with Crippen LogP contribution in [0, 0.1) is 17.2 Å². The molecule has 5 N–H and O–H groups in total. The van der Waals surface area contributed by atoms with Crippen LogP contribution in [0.3, 0.4) is 0 Å². The highest BCUT2D eigenvalue weighted by atomic mass is 16.5. The molecule has 0 radical (unpaired) electrons. The van der Waals surface area contributed by atoms with E-state index in [1.165, 1.54) is 12.7 Å². The van der Waals surface area contributed by atoms with E-state index in [1.54, 1.807) is 31.4 Å². The first-order chi connectivity index (χ1) is 17.9. The quantitative estimate of drug-likeness (QED) is 0.261. The molecule has 192 valence electrons. The SMILES string of the molecule is C=CC.COc1ccccc1C(=O)NCc1ccc(C(=N)c2c(N)ncnc2NC2CC3CC3C2)cc1. The zero-order chi connectivity index (χ0) is 26.4. The van der Waals surface area contributed by atoms with Gasteiger partial charge in [0.2, 0.25) is 0 Å². The number of hydrogen-bond donors (Lipinski definition) is 4. The number of nitrogens with two attached hydrogens (primary N) is 1. The second-order valence-electron chi connectivity index (χ2n) is 9.41. The molecule has 1 aromatic heterocycles. The average Bonchev–Trinajstić information content (AvgIpc) is 3.53. The molecule has 2 aromatic carbocycles. The summed E-state index contributed by atoms with van der Waals surface area (Å²) >= 11 is 0. The highest BCUT2D eigenvalue weighted by Gasteiger charge is 2.46. The van der Waals surface area contributed by atoms with Crippen LogP contribution in [0.15, 0.2) is 67.5 Å². The summed E-state index contributed by atoms with van der Waals surface area (Å²) in [6, 6.07) is 15.0. The van der Waals surface area contributed by atoms with Gasteiger partial charge in [0.25, 0.3) is 5.91 Å². The van der Waals surface area contributed by atoms with Gasteiger partial charge < -0.3 is 21.1 Å². The maximum atomic E-state index is 12.5. The Morgan fingerprint density at radius 2 is 1.81 bits per heavy atom. The molecule has 8 heteroatoms. The second-order valence-corrected chi connectivity index (χ2v) is 9.41. The Morgan fingerprint density at radius 1 is 1.14 bits per heavy atom. The van der Waals surface area contributed by atoms with Crippen LogP contribution in [0.25, 0.3) is 0 Å². The number of fused-ring (bicyclic) bond motifs is 1. The lowest BCUT2D eigenvalue weighted by Crippen LogP contribution is -2.23. The number of rotatable bonds is 8. The molecule has 0 aliphatic heterocycles. The zero-order valence-corrected chi connectivity index (χ0v) is 21.3. The van der Waals surface area contributed by atoms with Crippen molar-refractivity contribution in [1.82, 2.24) is 15.3 Å². The van der Waals surface area contributed by atoms with Crippen molar-refractivity contribution in [2.45, 2.75) is 38.8 Å². The van der Waals surface area contributed by atoms with Crippen molar-refractivity contribution in [3.8, 4) is 5.75 Å². The first kappa shape index (κ1) is 25.9. The van der Waals surface area contributed by atoms with Gasteiger partial charge in [-0.05, 0) is 55.7 Å². The monoisotopic (exact) mass is 498 g/mol. The van der Waals surface area contributed by atoms with E-state index >= 15 is 0 Å². The van der Waals surface area contributed by atoms with Gasteiger partial charge in [-0.2, -0.15) is 0 Å². The number of benzene rings is 2. The maximum Gasteiger partial charge on any atom is 0.255 e. The number of carbonyl (C=O) groups is 1. The molecule has 3 aromatic rings. The van der Waals surface area contributed by atoms with E-state index in [4.69, 9.17) is 15.9 Å². The van der Waals surface area contributed by atoms with E-state index in [9.17, 15) is 4.79 Å². The summed E-state index contributed by atoms with van der Waals surface area (Å²) in [6.45, 7) is 5.61. The molecule has 5 rings (SSSR count). The van der Waals surface area contributed by atoms with Gasteiger partial charge in [0, 0.05) is 18.2 Å². The van der Waals surface area contributed by atoms with E-state index in [0.29, 0.717) is 46.7 Å². The number of hydrogen-bond acceptors (Lipinski definition) is 7. The molecule has 2 atom stereocenters. The van der Waals surface area contributed by atoms with Crippen LogP contribution in [0.2, 0.25) is 0 Å². The minimum absolute atomic E-state index is 0.205. The Hall–Kier alpha value is -4.20. The second kappa shape index (κ2) is 11.7. The molecule has 2 unspecified atom stereocenters. The molecular formula is C29H34N6O2. The van der Waals surface area contributed by atoms with Crippen molar-refractivity contribution < 1.29 is 9.53 Å². The molecule has 37 heavy (non-hydrogen) atoms. The van der Waals surface area contributed by atoms with Gasteiger partial charge in [-0.3, -0.25) is 10.2 Å². The molecule has 2 saturated carbocycles. The van der Waals surface area contributed by atoms with E-state index in [-0.39, 0.29) is 11.6 Å². The van der Waals surface area contributed by atoms with E-state index in [0.717, 1.165) is 30.2 Å². The standard InChI is InChI=1S/C26H28N6O2.C3H6/c1-34-21-5-3-2-4-20(21)26(33)29-13-15-6-8-16(9-7-15)23(27)22-24(28)30-14-31-25(22)32-19-11-17-10-18(17)12-19;1-3-2/h2-9,14,17-19,27H,10-13H2,1H3,(H,29,33)(H3,28,30,31,32);3H,1H2,2H3. The van der Waals surface area contributed by atoms with Crippen molar-refractivity contribution in [3.63, 3.8) is 0 Å². The van der Waals surface area contributed by atoms with Crippen LogP contribution in [-0.2, 0) is 6.54 Å². The fraction of sp³-hybridized carbons (Fsp3) is 0.310. The van der Waals surface area contributed by atoms with Gasteiger partial charge >= 0.3 is 0 Å². The summed E-state index contributed by atoms with van der Waals surface area (Å²) in [5.74, 6) is 2.93. The number of aromatic nitrogens is 2. The predicted molar refractivity (Wildman–Crippen MR) is 147 cm³/mol. The fourth-order valence-corrected chi connectivity index (χ4v) is 4.82. The normalized spacial score (nSPS) is 19.0. The van der Waals surface area contributed by atoms with Crippen LogP contribution in [0.1, 0.15) is 53.2 Å². The van der Waals surface area contributed by atoms with Crippen molar-refractivity contribution in [2.24, 2.45) is 11.8 Å². The number of para-hydroxylation sites is 1. The fourth-order valence-electron chi connectivity index (χ4n) is 4.82. The number of nitrogens with one attached hydrogen (secondary N) is 3. The van der Waals surface area contributed by atoms with Crippen LogP contribution in [-0.4, -0.2) is 34.7 Å². The molecule has 0 spiro atoms. The summed E-state index contributed by atoms with van der Waals surface area (Å²) in [5, 5.41) is 15.2. The molecule has 8 nitrogen and oxygen atoms in total. The number of nitrogens with zero attached hydrogens (tertiary/aromatic N) is 2. The summed E-state index contributed by atoms with van der Waals surface area (Å²) in [4.78, 5) is 21.1. The van der Waals surface area contributed by atoms with E-state index < -0.39 is 0 Å². The lowest BCUT2D eigenvalue weighted by molar-refractivity contribution is 0.0948. The minimum Gasteiger partial charge on any atom is -0.496 e. The topological polar surface area (TPSA) is 126 Å². The number of anilines is 2. The molecule has 2 aliphatic rings. The first-order valence-corrected chi connectivity index (χ1v) is 12.5.